The molecule has 0 atom stereocenters. The van der Waals surface area contributed by atoms with Crippen LogP contribution in [0.2, 0.25) is 0 Å². The molecule has 1 nitrogen and oxygen atoms in total. The van der Waals surface area contributed by atoms with Crippen LogP contribution in [-0.2, 0) is 0 Å². The van der Waals surface area contributed by atoms with E-state index in [2.05, 4.69) is 0 Å². The molecule has 0 N–H and O–H groups in total. The van der Waals surface area contributed by atoms with Crippen LogP contribution in [0.4, 0.5) is 0 Å². The maximum atomic E-state index is 4.83. The molecule has 0 radical (unpaired) electrons. The summed E-state index contributed by atoms with van der Waals surface area (Å²) in [4.78, 5) is 0. The van der Waals surface area contributed by atoms with Gasteiger partial charge in [-0.15, -0.1) is 0 Å². The second-order valence-corrected chi connectivity index (χ2v) is 1.22. The fourth-order valence-corrected chi connectivity index (χ4v) is 0.361. The second-order valence-electron chi connectivity index (χ2n) is 1.22. The van der Waals surface area contributed by atoms with Crippen LogP contribution in [-0.4, -0.2) is 18.9 Å². The standard InChI is InChI=1S/C5H6O.Li.H/c1-5-3-2-4-6-5;;/h2-4H,1H3;;. The summed E-state index contributed by atoms with van der Waals surface area (Å²) in [7, 11) is 0. The van der Waals surface area contributed by atoms with E-state index in [-0.39, 0.29) is 18.9 Å². The quantitative estimate of drug-likeness (QED) is 0.432. The van der Waals surface area contributed by atoms with E-state index in [4.69, 9.17) is 4.42 Å². The molecule has 0 saturated heterocycles. The van der Waals surface area contributed by atoms with Gasteiger partial charge in [-0.05, 0) is 19.1 Å². The zero-order valence-electron chi connectivity index (χ0n) is 3.64. The molecule has 0 fully saturated rings. The van der Waals surface area contributed by atoms with Crippen LogP contribution in [0.15, 0.2) is 22.8 Å². The number of hydrogen-bond donors (Lipinski definition) is 0. The molecule has 0 aliphatic heterocycles. The normalized spacial score (nSPS) is 7.57. The van der Waals surface area contributed by atoms with Gasteiger partial charge in [-0.3, -0.25) is 0 Å². The molecule has 0 aromatic carbocycles. The third-order valence-electron chi connectivity index (χ3n) is 0.663. The van der Waals surface area contributed by atoms with Crippen LogP contribution in [0.1, 0.15) is 5.76 Å². The van der Waals surface area contributed by atoms with Gasteiger partial charge in [0.25, 0.3) is 0 Å². The van der Waals surface area contributed by atoms with Crippen molar-refractivity contribution >= 4 is 18.9 Å². The minimum atomic E-state index is 0. The van der Waals surface area contributed by atoms with Crippen molar-refractivity contribution in [1.82, 2.24) is 0 Å². The van der Waals surface area contributed by atoms with E-state index in [0.29, 0.717) is 0 Å². The van der Waals surface area contributed by atoms with Crippen LogP contribution < -0.4 is 0 Å². The molecule has 1 heterocycles. The van der Waals surface area contributed by atoms with Gasteiger partial charge in [-0.1, -0.05) is 0 Å². The fourth-order valence-electron chi connectivity index (χ4n) is 0.361. The molecule has 1 rings (SSSR count). The molecule has 0 saturated carbocycles. The van der Waals surface area contributed by atoms with Gasteiger partial charge in [-0.2, -0.15) is 0 Å². The topological polar surface area (TPSA) is 13.1 Å². The van der Waals surface area contributed by atoms with E-state index < -0.39 is 0 Å². The van der Waals surface area contributed by atoms with Crippen molar-refractivity contribution in [2.45, 2.75) is 6.92 Å². The first-order chi connectivity index (χ1) is 2.89. The molecule has 7 heavy (non-hydrogen) atoms. The summed E-state index contributed by atoms with van der Waals surface area (Å²) in [6.45, 7) is 1.92. The number of rotatable bonds is 0. The Kier molecular flexibility index (Phi) is 2.90. The Morgan fingerprint density at radius 3 is 2.43 bits per heavy atom. The number of hydrogen-bond acceptors (Lipinski definition) is 1. The zero-order chi connectivity index (χ0) is 4.41. The van der Waals surface area contributed by atoms with Crippen LogP contribution in [0.5, 0.6) is 0 Å². The van der Waals surface area contributed by atoms with Gasteiger partial charge >= 0.3 is 18.9 Å². The molecule has 0 bridgehead atoms. The van der Waals surface area contributed by atoms with Crippen molar-refractivity contribution in [3.05, 3.63) is 24.2 Å². The predicted octanol–water partition coefficient (Wildman–Crippen LogP) is 0.940. The molecule has 0 aliphatic carbocycles. The Labute approximate surface area is 54.9 Å². The monoisotopic (exact) mass is 90.1 g/mol. The van der Waals surface area contributed by atoms with Crippen molar-refractivity contribution in [3.8, 4) is 0 Å². The molecule has 2 heteroatoms. The first-order valence-corrected chi connectivity index (χ1v) is 1.90. The van der Waals surface area contributed by atoms with Gasteiger partial charge in [0.1, 0.15) is 5.76 Å². The molecular formula is C5H7LiO. The third kappa shape index (κ3) is 1.87. The molecule has 1 aromatic heterocycles. The molecule has 0 amide bonds. The summed E-state index contributed by atoms with van der Waals surface area (Å²) >= 11 is 0. The molecule has 0 unspecified atom stereocenters. The summed E-state index contributed by atoms with van der Waals surface area (Å²) in [6, 6.07) is 3.79. The minimum absolute atomic E-state index is 0. The fraction of sp³-hybridized carbons (Fsp3) is 0.200. The first-order valence-electron chi connectivity index (χ1n) is 1.90. The van der Waals surface area contributed by atoms with Crippen molar-refractivity contribution in [2.24, 2.45) is 0 Å². The van der Waals surface area contributed by atoms with Crippen LogP contribution >= 0.6 is 0 Å². The van der Waals surface area contributed by atoms with E-state index >= 15 is 0 Å². The Morgan fingerprint density at radius 1 is 1.57 bits per heavy atom. The average Bonchev–Trinajstić information content (AvgIpc) is 1.86. The van der Waals surface area contributed by atoms with Gasteiger partial charge in [0.2, 0.25) is 0 Å². The van der Waals surface area contributed by atoms with E-state index in [1.807, 2.05) is 19.1 Å². The van der Waals surface area contributed by atoms with E-state index in [0.717, 1.165) is 5.76 Å². The average molecular weight is 90.1 g/mol. The summed E-state index contributed by atoms with van der Waals surface area (Å²) in [5.41, 5.74) is 0. The van der Waals surface area contributed by atoms with E-state index in [9.17, 15) is 0 Å². The summed E-state index contributed by atoms with van der Waals surface area (Å²) < 4.78 is 4.83. The van der Waals surface area contributed by atoms with Crippen molar-refractivity contribution in [2.75, 3.05) is 0 Å². The Morgan fingerprint density at radius 2 is 2.29 bits per heavy atom. The third-order valence-corrected chi connectivity index (χ3v) is 0.663. The van der Waals surface area contributed by atoms with Crippen molar-refractivity contribution in [1.29, 1.82) is 0 Å². The number of furan rings is 1. The van der Waals surface area contributed by atoms with Gasteiger partial charge in [0.15, 0.2) is 0 Å². The summed E-state index contributed by atoms with van der Waals surface area (Å²) in [6.07, 6.45) is 1.66. The predicted molar refractivity (Wildman–Crippen MR) is 30.6 cm³/mol. The van der Waals surface area contributed by atoms with Crippen molar-refractivity contribution < 1.29 is 4.42 Å². The first kappa shape index (κ1) is 6.88. The van der Waals surface area contributed by atoms with Crippen LogP contribution in [0.3, 0.4) is 0 Å². The Hall–Kier alpha value is -0.123. The zero-order valence-corrected chi connectivity index (χ0v) is 3.64. The Bertz CT molecular complexity index is 112. The van der Waals surface area contributed by atoms with Crippen LogP contribution in [0.25, 0.3) is 0 Å². The molecule has 0 spiro atoms. The Balaban J connectivity index is 0.000000360. The van der Waals surface area contributed by atoms with Crippen LogP contribution in [0, 0.1) is 6.92 Å². The molecule has 1 aromatic rings. The SMILES string of the molecule is Cc1ccco1.[LiH]. The number of aryl methyl sites for hydroxylation is 1. The molecule has 0 aliphatic rings. The van der Waals surface area contributed by atoms with Gasteiger partial charge in [0, 0.05) is 0 Å². The summed E-state index contributed by atoms with van der Waals surface area (Å²) in [5, 5.41) is 0. The van der Waals surface area contributed by atoms with Crippen molar-refractivity contribution in [3.63, 3.8) is 0 Å². The van der Waals surface area contributed by atoms with E-state index in [1.165, 1.54) is 0 Å². The maximum absolute atomic E-state index is 4.83. The summed E-state index contributed by atoms with van der Waals surface area (Å²) in [5.74, 6) is 0.968. The van der Waals surface area contributed by atoms with Gasteiger partial charge in [0.05, 0.1) is 6.26 Å². The molecule has 34 valence electrons. The van der Waals surface area contributed by atoms with E-state index in [1.54, 1.807) is 6.26 Å². The van der Waals surface area contributed by atoms with Gasteiger partial charge < -0.3 is 4.42 Å². The van der Waals surface area contributed by atoms with Gasteiger partial charge in [-0.25, -0.2) is 0 Å². The molecular weight excluding hydrogens is 83.0 g/mol. The second kappa shape index (κ2) is 2.96.